The summed E-state index contributed by atoms with van der Waals surface area (Å²) in [4.78, 5) is 0. The van der Waals surface area contributed by atoms with Gasteiger partial charge in [0.1, 0.15) is 4.60 Å². The van der Waals surface area contributed by atoms with Gasteiger partial charge in [-0.25, -0.2) is 0 Å². The molecule has 0 unspecified atom stereocenters. The Morgan fingerprint density at radius 3 is 2.71 bits per heavy atom. The van der Waals surface area contributed by atoms with Crippen LogP contribution in [0.4, 0.5) is 0 Å². The van der Waals surface area contributed by atoms with Crippen LogP contribution in [0.25, 0.3) is 11.3 Å². The van der Waals surface area contributed by atoms with Gasteiger partial charge in [0, 0.05) is 17.6 Å². The molecule has 1 aromatic heterocycles. The van der Waals surface area contributed by atoms with Gasteiger partial charge in [-0.2, -0.15) is 5.10 Å². The molecule has 0 fully saturated rings. The Morgan fingerprint density at radius 2 is 2.14 bits per heavy atom. The Bertz CT molecular complexity index is 445. The quantitative estimate of drug-likeness (QED) is 0.776. The van der Waals surface area contributed by atoms with Gasteiger partial charge in [-0.3, -0.25) is 4.68 Å². The van der Waals surface area contributed by atoms with Gasteiger partial charge in [0.15, 0.2) is 0 Å². The Labute approximate surface area is 95.6 Å². The van der Waals surface area contributed by atoms with Crippen molar-refractivity contribution < 1.29 is 0 Å². The van der Waals surface area contributed by atoms with Crippen molar-refractivity contribution in [2.24, 2.45) is 7.05 Å². The molecule has 2 aromatic rings. The Kier molecular flexibility index (Phi) is 2.61. The normalized spacial score (nSPS) is 10.5. The molecule has 1 aromatic carbocycles. The monoisotopic (exact) mass is 270 g/mol. The van der Waals surface area contributed by atoms with E-state index in [1.54, 1.807) is 4.68 Å². The summed E-state index contributed by atoms with van der Waals surface area (Å²) in [7, 11) is 1.89. The Balaban J connectivity index is 2.49. The smallest absolute Gasteiger partial charge is 0.104 e. The lowest BCUT2D eigenvalue weighted by Gasteiger charge is -1.96. The van der Waals surface area contributed by atoms with E-state index in [-0.39, 0.29) is 0 Å². The SMILES string of the molecule is Cn1nc(-c2cccc(Cl)c2)cc1Br. The van der Waals surface area contributed by atoms with Gasteiger partial charge >= 0.3 is 0 Å². The van der Waals surface area contributed by atoms with E-state index in [1.165, 1.54) is 0 Å². The zero-order valence-corrected chi connectivity index (χ0v) is 9.88. The molecule has 4 heteroatoms. The molecule has 0 aliphatic heterocycles. The van der Waals surface area contributed by atoms with Gasteiger partial charge in [0.2, 0.25) is 0 Å². The van der Waals surface area contributed by atoms with Crippen molar-refractivity contribution in [3.05, 3.63) is 40.0 Å². The van der Waals surface area contributed by atoms with E-state index in [2.05, 4.69) is 21.0 Å². The fraction of sp³-hybridized carbons (Fsp3) is 0.100. The van der Waals surface area contributed by atoms with Crippen LogP contribution in [-0.4, -0.2) is 9.78 Å². The molecule has 0 N–H and O–H groups in total. The molecule has 72 valence electrons. The van der Waals surface area contributed by atoms with Crippen LogP contribution in [0.5, 0.6) is 0 Å². The summed E-state index contributed by atoms with van der Waals surface area (Å²) >= 11 is 9.29. The fourth-order valence-electron chi connectivity index (χ4n) is 1.23. The molecular formula is C10H8BrClN2. The maximum atomic E-state index is 5.90. The molecule has 1 heterocycles. The van der Waals surface area contributed by atoms with E-state index in [0.717, 1.165) is 20.9 Å². The second-order valence-corrected chi connectivity index (χ2v) is 4.24. The summed E-state index contributed by atoms with van der Waals surface area (Å²) < 4.78 is 2.73. The van der Waals surface area contributed by atoms with Crippen molar-refractivity contribution in [3.63, 3.8) is 0 Å². The maximum absolute atomic E-state index is 5.90. The van der Waals surface area contributed by atoms with Crippen molar-refractivity contribution in [2.75, 3.05) is 0 Å². The second kappa shape index (κ2) is 3.75. The van der Waals surface area contributed by atoms with Crippen LogP contribution in [0.2, 0.25) is 5.02 Å². The van der Waals surface area contributed by atoms with Crippen molar-refractivity contribution in [3.8, 4) is 11.3 Å². The lowest BCUT2D eigenvalue weighted by molar-refractivity contribution is 0.752. The summed E-state index contributed by atoms with van der Waals surface area (Å²) in [6.45, 7) is 0. The molecule has 0 radical (unpaired) electrons. The summed E-state index contributed by atoms with van der Waals surface area (Å²) in [5.41, 5.74) is 1.95. The van der Waals surface area contributed by atoms with Crippen LogP contribution in [-0.2, 0) is 7.05 Å². The lowest BCUT2D eigenvalue weighted by atomic mass is 10.2. The molecule has 14 heavy (non-hydrogen) atoms. The average molecular weight is 272 g/mol. The first-order chi connectivity index (χ1) is 6.66. The van der Waals surface area contributed by atoms with Crippen molar-refractivity contribution in [2.45, 2.75) is 0 Å². The summed E-state index contributed by atoms with van der Waals surface area (Å²) in [5.74, 6) is 0. The predicted octanol–water partition coefficient (Wildman–Crippen LogP) is 3.50. The number of aromatic nitrogens is 2. The predicted molar refractivity (Wildman–Crippen MR) is 61.4 cm³/mol. The zero-order valence-electron chi connectivity index (χ0n) is 7.54. The van der Waals surface area contributed by atoms with Crippen molar-refractivity contribution in [1.82, 2.24) is 9.78 Å². The first kappa shape index (κ1) is 9.74. The van der Waals surface area contributed by atoms with E-state index in [4.69, 9.17) is 11.6 Å². The van der Waals surface area contributed by atoms with Gasteiger partial charge in [-0.05, 0) is 34.1 Å². The van der Waals surface area contributed by atoms with Gasteiger partial charge in [-0.1, -0.05) is 23.7 Å². The van der Waals surface area contributed by atoms with Crippen LogP contribution in [0.15, 0.2) is 34.9 Å². The molecule has 0 spiro atoms. The summed E-state index contributed by atoms with van der Waals surface area (Å²) in [6, 6.07) is 9.62. The fourth-order valence-corrected chi connectivity index (χ4v) is 1.72. The zero-order chi connectivity index (χ0) is 10.1. The topological polar surface area (TPSA) is 17.8 Å². The minimum Gasteiger partial charge on any atom is -0.261 e. The summed E-state index contributed by atoms with van der Waals surface area (Å²) in [5, 5.41) is 5.06. The van der Waals surface area contributed by atoms with Gasteiger partial charge < -0.3 is 0 Å². The number of benzene rings is 1. The molecule has 0 saturated carbocycles. The highest BCUT2D eigenvalue weighted by molar-refractivity contribution is 9.10. The Hall–Kier alpha value is -0.800. The molecule has 0 atom stereocenters. The molecule has 0 aliphatic rings. The van der Waals surface area contributed by atoms with Gasteiger partial charge in [0.25, 0.3) is 0 Å². The van der Waals surface area contributed by atoms with Crippen molar-refractivity contribution >= 4 is 27.5 Å². The van der Waals surface area contributed by atoms with E-state index in [1.807, 2.05) is 37.4 Å². The molecule has 2 rings (SSSR count). The minimum atomic E-state index is 0.726. The molecule has 2 nitrogen and oxygen atoms in total. The minimum absolute atomic E-state index is 0.726. The van der Waals surface area contributed by atoms with Crippen LogP contribution in [0, 0.1) is 0 Å². The highest BCUT2D eigenvalue weighted by atomic mass is 79.9. The number of aryl methyl sites for hydroxylation is 1. The second-order valence-electron chi connectivity index (χ2n) is 2.99. The van der Waals surface area contributed by atoms with Crippen LogP contribution < -0.4 is 0 Å². The number of rotatable bonds is 1. The summed E-state index contributed by atoms with van der Waals surface area (Å²) in [6.07, 6.45) is 0. The highest BCUT2D eigenvalue weighted by Gasteiger charge is 2.04. The third kappa shape index (κ3) is 1.83. The molecular weight excluding hydrogens is 263 g/mol. The number of hydrogen-bond acceptors (Lipinski definition) is 1. The number of nitrogens with zero attached hydrogens (tertiary/aromatic N) is 2. The van der Waals surface area contributed by atoms with E-state index in [0.29, 0.717) is 0 Å². The average Bonchev–Trinajstić information content (AvgIpc) is 2.47. The van der Waals surface area contributed by atoms with Gasteiger partial charge in [0.05, 0.1) is 5.69 Å². The van der Waals surface area contributed by atoms with E-state index in [9.17, 15) is 0 Å². The standard InChI is InChI=1S/C10H8BrClN2/c1-14-10(11)6-9(13-14)7-3-2-4-8(12)5-7/h2-6H,1H3. The van der Waals surface area contributed by atoms with E-state index >= 15 is 0 Å². The molecule has 0 aliphatic carbocycles. The van der Waals surface area contributed by atoms with Crippen molar-refractivity contribution in [1.29, 1.82) is 0 Å². The third-order valence-electron chi connectivity index (χ3n) is 1.94. The Morgan fingerprint density at radius 1 is 1.36 bits per heavy atom. The van der Waals surface area contributed by atoms with Gasteiger partial charge in [-0.15, -0.1) is 0 Å². The number of halogens is 2. The highest BCUT2D eigenvalue weighted by Crippen LogP contribution is 2.23. The van der Waals surface area contributed by atoms with Crippen LogP contribution in [0.3, 0.4) is 0 Å². The lowest BCUT2D eigenvalue weighted by Crippen LogP contribution is -1.89. The molecule has 0 amide bonds. The largest absolute Gasteiger partial charge is 0.261 e. The van der Waals surface area contributed by atoms with Crippen LogP contribution in [0.1, 0.15) is 0 Å². The maximum Gasteiger partial charge on any atom is 0.104 e. The molecule has 0 saturated heterocycles. The van der Waals surface area contributed by atoms with Crippen LogP contribution >= 0.6 is 27.5 Å². The first-order valence-electron chi connectivity index (χ1n) is 4.12. The first-order valence-corrected chi connectivity index (χ1v) is 5.29. The number of hydrogen-bond donors (Lipinski definition) is 0. The van der Waals surface area contributed by atoms with E-state index < -0.39 is 0 Å². The third-order valence-corrected chi connectivity index (χ3v) is 2.92. The molecule has 0 bridgehead atoms.